The molecule has 0 amide bonds. The van der Waals surface area contributed by atoms with E-state index < -0.39 is 0 Å². The van der Waals surface area contributed by atoms with E-state index in [2.05, 4.69) is 25.2 Å². The molecule has 142 valence electrons. The van der Waals surface area contributed by atoms with Crippen molar-refractivity contribution in [2.75, 3.05) is 18.0 Å². The summed E-state index contributed by atoms with van der Waals surface area (Å²) in [5.74, 6) is 0.858. The summed E-state index contributed by atoms with van der Waals surface area (Å²) < 4.78 is 19.0. The maximum Gasteiger partial charge on any atom is 0.167 e. The molecule has 8 heteroatoms. The Labute approximate surface area is 165 Å². The van der Waals surface area contributed by atoms with Crippen LogP contribution in [0.25, 0.3) is 21.7 Å². The predicted octanol–water partition coefficient (Wildman–Crippen LogP) is 4.57. The first kappa shape index (κ1) is 17.2. The molecule has 1 aliphatic rings. The Bertz CT molecular complexity index is 1120. The van der Waals surface area contributed by atoms with E-state index >= 15 is 0 Å². The number of benzene rings is 1. The van der Waals surface area contributed by atoms with Gasteiger partial charge in [-0.15, -0.1) is 21.5 Å². The largest absolute Gasteiger partial charge is 0.356 e. The van der Waals surface area contributed by atoms with Crippen LogP contribution in [0.3, 0.4) is 0 Å². The predicted molar refractivity (Wildman–Crippen MR) is 106 cm³/mol. The maximum absolute atomic E-state index is 13.6. The van der Waals surface area contributed by atoms with Crippen molar-refractivity contribution >= 4 is 28.1 Å². The number of aryl methyl sites for hydroxylation is 1. The average molecular weight is 395 g/mol. The monoisotopic (exact) mass is 395 g/mol. The Morgan fingerprint density at radius 1 is 1.14 bits per heavy atom. The summed E-state index contributed by atoms with van der Waals surface area (Å²) in [6.07, 6.45) is 1.82. The zero-order valence-corrected chi connectivity index (χ0v) is 16.1. The molecule has 0 aliphatic carbocycles. The lowest BCUT2D eigenvalue weighted by molar-refractivity contribution is 0.416. The number of anilines is 1. The van der Waals surface area contributed by atoms with Crippen LogP contribution in [0.1, 0.15) is 30.1 Å². The Hall–Kier alpha value is -2.87. The fourth-order valence-corrected chi connectivity index (χ4v) is 4.45. The molecule has 3 aromatic heterocycles. The number of thiazole rings is 1. The summed E-state index contributed by atoms with van der Waals surface area (Å²) in [7, 11) is 0. The summed E-state index contributed by atoms with van der Waals surface area (Å²) >= 11 is 1.57. The van der Waals surface area contributed by atoms with E-state index in [1.165, 1.54) is 12.1 Å². The summed E-state index contributed by atoms with van der Waals surface area (Å²) in [5.41, 5.74) is 3.29. The van der Waals surface area contributed by atoms with Crippen molar-refractivity contribution in [3.05, 3.63) is 52.9 Å². The molecule has 0 N–H and O–H groups in total. The number of hydrogen-bond acceptors (Lipinski definition) is 7. The number of fused-ring (bicyclic) bond motifs is 1. The van der Waals surface area contributed by atoms with Crippen molar-refractivity contribution in [3.8, 4) is 10.7 Å². The first-order valence-corrected chi connectivity index (χ1v) is 10.1. The zero-order valence-electron chi connectivity index (χ0n) is 15.3. The fraction of sp³-hybridized carbons (Fsp3) is 0.300. The smallest absolute Gasteiger partial charge is 0.167 e. The SMILES string of the molecule is Cc1csc(-c2ccc(N3CCC(c4noc5ccc(F)cc45)CC3)nn2)n1. The topological polar surface area (TPSA) is 67.9 Å². The second-order valence-electron chi connectivity index (χ2n) is 7.04. The Morgan fingerprint density at radius 2 is 2.00 bits per heavy atom. The van der Waals surface area contributed by atoms with Gasteiger partial charge in [0.25, 0.3) is 0 Å². The van der Waals surface area contributed by atoms with Gasteiger partial charge in [0.15, 0.2) is 11.4 Å². The van der Waals surface area contributed by atoms with Crippen LogP contribution in [0, 0.1) is 12.7 Å². The molecule has 4 aromatic rings. The highest BCUT2D eigenvalue weighted by Gasteiger charge is 2.26. The summed E-state index contributed by atoms with van der Waals surface area (Å²) in [6.45, 7) is 3.66. The molecular formula is C20H18FN5OS. The molecule has 1 aliphatic heterocycles. The van der Waals surface area contributed by atoms with Crippen molar-refractivity contribution in [3.63, 3.8) is 0 Å². The van der Waals surface area contributed by atoms with Gasteiger partial charge < -0.3 is 9.42 Å². The van der Waals surface area contributed by atoms with Gasteiger partial charge in [0, 0.05) is 35.5 Å². The van der Waals surface area contributed by atoms with Crippen molar-refractivity contribution in [2.45, 2.75) is 25.7 Å². The molecule has 1 aromatic carbocycles. The van der Waals surface area contributed by atoms with Crippen molar-refractivity contribution in [1.29, 1.82) is 0 Å². The molecule has 4 heterocycles. The number of nitrogens with zero attached hydrogens (tertiary/aromatic N) is 5. The van der Waals surface area contributed by atoms with Crippen molar-refractivity contribution in [1.82, 2.24) is 20.3 Å². The summed E-state index contributed by atoms with van der Waals surface area (Å²) in [6, 6.07) is 8.52. The average Bonchev–Trinajstić information content (AvgIpc) is 3.34. The summed E-state index contributed by atoms with van der Waals surface area (Å²) in [4.78, 5) is 6.68. The number of hydrogen-bond donors (Lipinski definition) is 0. The molecule has 1 saturated heterocycles. The molecule has 0 saturated carbocycles. The second-order valence-corrected chi connectivity index (χ2v) is 7.90. The minimum Gasteiger partial charge on any atom is -0.356 e. The Balaban J connectivity index is 1.29. The van der Waals surface area contributed by atoms with E-state index in [0.717, 1.165) is 59.2 Å². The van der Waals surface area contributed by atoms with Gasteiger partial charge in [-0.1, -0.05) is 5.16 Å². The molecule has 1 fully saturated rings. The third-order valence-electron chi connectivity index (χ3n) is 5.15. The second kappa shape index (κ2) is 6.94. The van der Waals surface area contributed by atoms with E-state index in [4.69, 9.17) is 4.52 Å². The quantitative estimate of drug-likeness (QED) is 0.506. The molecule has 0 bridgehead atoms. The van der Waals surface area contributed by atoms with Crippen LogP contribution < -0.4 is 4.90 Å². The molecule has 28 heavy (non-hydrogen) atoms. The van der Waals surface area contributed by atoms with E-state index in [1.54, 1.807) is 17.4 Å². The van der Waals surface area contributed by atoms with Gasteiger partial charge in [0.05, 0.1) is 5.69 Å². The van der Waals surface area contributed by atoms with Crippen LogP contribution in [0.2, 0.25) is 0 Å². The molecule has 0 unspecified atom stereocenters. The van der Waals surface area contributed by atoms with E-state index in [0.29, 0.717) is 5.58 Å². The van der Waals surface area contributed by atoms with Crippen molar-refractivity contribution in [2.24, 2.45) is 0 Å². The highest BCUT2D eigenvalue weighted by atomic mass is 32.1. The fourth-order valence-electron chi connectivity index (χ4n) is 3.69. The Kier molecular flexibility index (Phi) is 4.27. The van der Waals surface area contributed by atoms with Gasteiger partial charge >= 0.3 is 0 Å². The van der Waals surface area contributed by atoms with Crippen LogP contribution in [-0.4, -0.2) is 33.4 Å². The minimum absolute atomic E-state index is 0.254. The van der Waals surface area contributed by atoms with Crippen LogP contribution in [0.5, 0.6) is 0 Å². The molecule has 0 spiro atoms. The van der Waals surface area contributed by atoms with Gasteiger partial charge in [-0.25, -0.2) is 9.37 Å². The minimum atomic E-state index is -0.264. The lowest BCUT2D eigenvalue weighted by Crippen LogP contribution is -2.33. The van der Waals surface area contributed by atoms with Crippen molar-refractivity contribution < 1.29 is 8.91 Å². The van der Waals surface area contributed by atoms with E-state index in [9.17, 15) is 4.39 Å². The first-order chi connectivity index (χ1) is 13.7. The van der Waals surface area contributed by atoms with Crippen LogP contribution in [0.15, 0.2) is 40.2 Å². The third-order valence-corrected chi connectivity index (χ3v) is 6.14. The van der Waals surface area contributed by atoms with E-state index in [-0.39, 0.29) is 11.7 Å². The Morgan fingerprint density at radius 3 is 2.71 bits per heavy atom. The normalized spacial score (nSPS) is 15.4. The molecule has 5 rings (SSSR count). The van der Waals surface area contributed by atoms with Crippen LogP contribution >= 0.6 is 11.3 Å². The first-order valence-electron chi connectivity index (χ1n) is 9.23. The maximum atomic E-state index is 13.6. The number of halogens is 1. The lowest BCUT2D eigenvalue weighted by atomic mass is 9.91. The third kappa shape index (κ3) is 3.13. The highest BCUT2D eigenvalue weighted by molar-refractivity contribution is 7.13. The molecule has 0 atom stereocenters. The summed E-state index contributed by atoms with van der Waals surface area (Å²) in [5, 5.41) is 16.6. The van der Waals surface area contributed by atoms with Gasteiger partial charge in [0.2, 0.25) is 0 Å². The molecular weight excluding hydrogens is 377 g/mol. The van der Waals surface area contributed by atoms with Crippen LogP contribution in [-0.2, 0) is 0 Å². The number of piperidine rings is 1. The van der Waals surface area contributed by atoms with Gasteiger partial charge in [-0.05, 0) is 50.1 Å². The van der Waals surface area contributed by atoms with E-state index in [1.807, 2.05) is 24.4 Å². The van der Waals surface area contributed by atoms with Gasteiger partial charge in [0.1, 0.15) is 16.5 Å². The van der Waals surface area contributed by atoms with Crippen LogP contribution in [0.4, 0.5) is 10.2 Å². The van der Waals surface area contributed by atoms with Gasteiger partial charge in [-0.3, -0.25) is 0 Å². The van der Waals surface area contributed by atoms with Gasteiger partial charge in [-0.2, -0.15) is 0 Å². The number of aromatic nitrogens is 4. The lowest BCUT2D eigenvalue weighted by Gasteiger charge is -2.31. The zero-order chi connectivity index (χ0) is 19.1. The highest BCUT2D eigenvalue weighted by Crippen LogP contribution is 2.34. The standard InChI is InChI=1S/C20H18FN5OS/c1-12-11-28-20(22-12)16-3-5-18(24-23-16)26-8-6-13(7-9-26)19-15-10-14(21)2-4-17(15)27-25-19/h2-5,10-11,13H,6-9H2,1H3. The molecule has 0 radical (unpaired) electrons. The molecule has 6 nitrogen and oxygen atoms in total. The number of rotatable bonds is 3.